The molecule has 0 spiro atoms. The maximum absolute atomic E-state index is 10.8. The van der Waals surface area contributed by atoms with E-state index in [9.17, 15) is 18.7 Å². The number of anilines is 2. The van der Waals surface area contributed by atoms with Crippen molar-refractivity contribution in [2.75, 3.05) is 24.2 Å². The van der Waals surface area contributed by atoms with Gasteiger partial charge in [-0.2, -0.15) is 0 Å². The van der Waals surface area contributed by atoms with Crippen molar-refractivity contribution in [3.8, 4) is 11.1 Å². The maximum Gasteiger partial charge on any atom is 0.469 e. The molecule has 0 fully saturated rings. The van der Waals surface area contributed by atoms with Gasteiger partial charge in [0.25, 0.3) is 0 Å². The number of ketones is 2. The van der Waals surface area contributed by atoms with Crippen molar-refractivity contribution in [3.05, 3.63) is 133 Å². The zero-order valence-corrected chi connectivity index (χ0v) is 32.9. The second kappa shape index (κ2) is 19.9. The third-order valence-electron chi connectivity index (χ3n) is 8.08. The van der Waals surface area contributed by atoms with E-state index >= 15 is 0 Å². The SMILES string of the molecule is CC(=O)c1ccc(C(C)=O)cc1.C[n+]1ccc(-c2cc[n+](CCCP(=O)(O)O)cc2)cc1.O=P(O)(O)OCCCN1c2ccccc2Sc2ccccc21. The average molecular weight is 794 g/mol. The van der Waals surface area contributed by atoms with Gasteiger partial charge in [0.15, 0.2) is 36.4 Å². The largest absolute Gasteiger partial charge is 0.469 e. The molecule has 0 aliphatic carbocycles. The van der Waals surface area contributed by atoms with Crippen molar-refractivity contribution in [3.63, 3.8) is 0 Å². The highest BCUT2D eigenvalue weighted by atomic mass is 32.2. The quantitative estimate of drug-likeness (QED) is 0.0448. The second-order valence-corrected chi connectivity index (χ2v) is 16.5. The number of para-hydroxylation sites is 2. The molecule has 0 unspecified atom stereocenters. The topological polar surface area (TPSA) is 169 Å². The van der Waals surface area contributed by atoms with E-state index in [-0.39, 0.29) is 24.3 Å². The Morgan fingerprint density at radius 3 is 1.59 bits per heavy atom. The van der Waals surface area contributed by atoms with Crippen LogP contribution in [0.1, 0.15) is 47.4 Å². The molecule has 0 atom stereocenters. The van der Waals surface area contributed by atoms with Gasteiger partial charge in [0.2, 0.25) is 0 Å². The van der Waals surface area contributed by atoms with Gasteiger partial charge in [-0.15, -0.1) is 0 Å². The first kappa shape index (κ1) is 42.5. The minimum absolute atomic E-state index is 0.0186. The molecule has 3 aromatic carbocycles. The highest BCUT2D eigenvalue weighted by Crippen LogP contribution is 2.48. The number of aromatic nitrogens is 2. The third kappa shape index (κ3) is 13.8. The summed E-state index contributed by atoms with van der Waals surface area (Å²) in [6.45, 7) is 4.27. The summed E-state index contributed by atoms with van der Waals surface area (Å²) in [6.07, 6.45) is 8.78. The molecule has 6 rings (SSSR count). The first-order valence-electron chi connectivity index (χ1n) is 17.0. The number of phosphoric acid groups is 1. The Labute approximate surface area is 319 Å². The minimum Gasteiger partial charge on any atom is -0.340 e. The molecule has 0 radical (unpaired) electrons. The van der Waals surface area contributed by atoms with Gasteiger partial charge in [0, 0.05) is 58.1 Å². The van der Waals surface area contributed by atoms with Gasteiger partial charge in [-0.1, -0.05) is 60.3 Å². The summed E-state index contributed by atoms with van der Waals surface area (Å²) < 4.78 is 30.0. The molecule has 54 heavy (non-hydrogen) atoms. The summed E-state index contributed by atoms with van der Waals surface area (Å²) in [5.74, 6) is 0.0372. The lowest BCUT2D eigenvalue weighted by Gasteiger charge is -2.32. The van der Waals surface area contributed by atoms with Crippen LogP contribution in [0.25, 0.3) is 11.1 Å². The van der Waals surface area contributed by atoms with E-state index < -0.39 is 15.4 Å². The van der Waals surface area contributed by atoms with Gasteiger partial charge in [-0.05, 0) is 55.7 Å². The van der Waals surface area contributed by atoms with E-state index in [0.29, 0.717) is 37.1 Å². The molecule has 0 amide bonds. The Morgan fingerprint density at radius 1 is 0.685 bits per heavy atom. The van der Waals surface area contributed by atoms with Gasteiger partial charge in [0.05, 0.1) is 24.1 Å². The van der Waals surface area contributed by atoms with Crippen LogP contribution >= 0.6 is 27.2 Å². The Hall–Kier alpha value is -4.29. The Bertz CT molecular complexity index is 2030. The van der Waals surface area contributed by atoms with Gasteiger partial charge in [-0.25, -0.2) is 13.7 Å². The van der Waals surface area contributed by atoms with Crippen molar-refractivity contribution in [2.45, 2.75) is 43.0 Å². The van der Waals surface area contributed by atoms with Gasteiger partial charge in [-0.3, -0.25) is 18.7 Å². The van der Waals surface area contributed by atoms with Crippen LogP contribution in [0.15, 0.2) is 132 Å². The van der Waals surface area contributed by atoms with Crippen molar-refractivity contribution in [2.24, 2.45) is 7.05 Å². The molecule has 0 saturated heterocycles. The number of pyridine rings is 2. The van der Waals surface area contributed by atoms with E-state index in [1.165, 1.54) is 23.6 Å². The average Bonchev–Trinajstić information content (AvgIpc) is 3.13. The number of fused-ring (bicyclic) bond motifs is 2. The standard InChI is InChI=1S/C15H16NO4PS.C14H17N2O3P.C10H10O2/c17-21(18,19)20-11-5-10-16-12-6-1-3-8-14(12)22-15-9-4-2-7-13(15)16;1-15-8-3-13(4-9-15)14-5-10-16(11-6-14)7-2-12-20(17,18)19;1-7(11)9-3-5-10(6-4-9)8(2)12/h1-4,6-9H,5,10-11H2,(H2,17,18,19);3-6,8-11H,2,7,12H2,1H3;3-6H,1-2H3/p+2. The summed E-state index contributed by atoms with van der Waals surface area (Å²) >= 11 is 1.73. The van der Waals surface area contributed by atoms with Crippen LogP contribution in [0.4, 0.5) is 11.4 Å². The normalized spacial score (nSPS) is 11.9. The zero-order valence-electron chi connectivity index (χ0n) is 30.3. The number of benzene rings is 3. The lowest BCUT2D eigenvalue weighted by atomic mass is 10.1. The Balaban J connectivity index is 0.000000188. The predicted octanol–water partition coefficient (Wildman–Crippen LogP) is 6.91. The summed E-state index contributed by atoms with van der Waals surface area (Å²) in [4.78, 5) is 61.3. The van der Waals surface area contributed by atoms with Gasteiger partial charge >= 0.3 is 15.4 Å². The van der Waals surface area contributed by atoms with Crippen molar-refractivity contribution in [1.82, 2.24) is 0 Å². The fourth-order valence-electron chi connectivity index (χ4n) is 5.32. The van der Waals surface area contributed by atoms with E-state index in [4.69, 9.17) is 19.6 Å². The number of carbonyl (C=O) groups excluding carboxylic acids is 2. The van der Waals surface area contributed by atoms with Crippen LogP contribution < -0.4 is 14.0 Å². The number of phosphoric ester groups is 1. The van der Waals surface area contributed by atoms with Crippen molar-refractivity contribution < 1.29 is 52.0 Å². The number of hydrogen-bond acceptors (Lipinski definition) is 7. The second-order valence-electron chi connectivity index (χ2n) is 12.4. The fraction of sp³-hybridized carbons (Fsp3) is 0.231. The zero-order chi connectivity index (χ0) is 39.3. The molecule has 5 aromatic rings. The smallest absolute Gasteiger partial charge is 0.340 e. The highest BCUT2D eigenvalue weighted by molar-refractivity contribution is 7.99. The number of rotatable bonds is 12. The molecule has 15 heteroatoms. The molecule has 4 N–H and O–H groups in total. The maximum atomic E-state index is 10.8. The molecular formula is C39H45N3O9P2S+2. The molecule has 1 aliphatic heterocycles. The third-order valence-corrected chi connectivity index (χ3v) is 10.6. The first-order chi connectivity index (χ1) is 25.6. The van der Waals surface area contributed by atoms with Crippen LogP contribution in [0.2, 0.25) is 0 Å². The summed E-state index contributed by atoms with van der Waals surface area (Å²) in [6, 6.07) is 31.0. The monoisotopic (exact) mass is 793 g/mol. The summed E-state index contributed by atoms with van der Waals surface area (Å²) in [7, 11) is -6.29. The van der Waals surface area contributed by atoms with Crippen LogP contribution in [-0.4, -0.2) is 50.5 Å². The van der Waals surface area contributed by atoms with E-state index in [1.54, 1.807) is 36.0 Å². The van der Waals surface area contributed by atoms with E-state index in [2.05, 4.69) is 33.7 Å². The fourth-order valence-corrected chi connectivity index (χ4v) is 7.34. The molecule has 2 aromatic heterocycles. The summed E-state index contributed by atoms with van der Waals surface area (Å²) in [5.41, 5.74) is 5.77. The van der Waals surface area contributed by atoms with Gasteiger partial charge in [0.1, 0.15) is 13.6 Å². The molecule has 12 nitrogen and oxygen atoms in total. The van der Waals surface area contributed by atoms with Crippen LogP contribution in [0.3, 0.4) is 0 Å². The molecular weight excluding hydrogens is 748 g/mol. The minimum atomic E-state index is -4.39. The first-order valence-corrected chi connectivity index (χ1v) is 21.2. The number of hydrogen-bond donors (Lipinski definition) is 4. The number of nitrogens with zero attached hydrogens (tertiary/aromatic N) is 3. The van der Waals surface area contributed by atoms with Gasteiger partial charge < -0.3 is 24.5 Å². The number of aryl methyl sites for hydroxylation is 2. The Kier molecular flexibility index (Phi) is 15.6. The molecule has 0 bridgehead atoms. The van der Waals surface area contributed by atoms with E-state index in [1.807, 2.05) is 89.5 Å². The number of Topliss-reactive ketones (excluding diaryl/α,β-unsaturated/α-hetero) is 2. The van der Waals surface area contributed by atoms with Crippen LogP contribution in [0.5, 0.6) is 0 Å². The van der Waals surface area contributed by atoms with Crippen LogP contribution in [0, 0.1) is 0 Å². The highest BCUT2D eigenvalue weighted by Gasteiger charge is 2.23. The molecule has 1 aliphatic rings. The molecule has 3 heterocycles. The number of carbonyl (C=O) groups is 2. The lowest BCUT2D eigenvalue weighted by molar-refractivity contribution is -0.696. The molecule has 284 valence electrons. The predicted molar refractivity (Wildman–Crippen MR) is 208 cm³/mol. The van der Waals surface area contributed by atoms with Crippen molar-refractivity contribution in [1.29, 1.82) is 0 Å². The molecule has 0 saturated carbocycles. The van der Waals surface area contributed by atoms with Crippen LogP contribution in [-0.2, 0) is 27.2 Å². The van der Waals surface area contributed by atoms with E-state index in [0.717, 1.165) is 22.5 Å². The Morgan fingerprint density at radius 2 is 1.15 bits per heavy atom. The van der Waals surface area contributed by atoms with Crippen molar-refractivity contribution >= 4 is 50.1 Å². The lowest BCUT2D eigenvalue weighted by Crippen LogP contribution is -2.32. The summed E-state index contributed by atoms with van der Waals surface area (Å²) in [5, 5.41) is 0.